The van der Waals surface area contributed by atoms with E-state index in [2.05, 4.69) is 62.7 Å². The summed E-state index contributed by atoms with van der Waals surface area (Å²) in [4.78, 5) is 14.4. The highest BCUT2D eigenvalue weighted by molar-refractivity contribution is 8.03. The van der Waals surface area contributed by atoms with Gasteiger partial charge in [0, 0.05) is 16.6 Å². The second-order valence-electron chi connectivity index (χ2n) is 5.86. The van der Waals surface area contributed by atoms with Gasteiger partial charge < -0.3 is 10.7 Å². The Balaban J connectivity index is 0. The van der Waals surface area contributed by atoms with E-state index < -0.39 is 5.91 Å². The lowest BCUT2D eigenvalue weighted by molar-refractivity contribution is -0.113. The lowest BCUT2D eigenvalue weighted by Gasteiger charge is -2.15. The Morgan fingerprint density at radius 1 is 1.15 bits per heavy atom. The first-order valence-electron chi connectivity index (χ1n) is 9.04. The van der Waals surface area contributed by atoms with E-state index in [-0.39, 0.29) is 5.41 Å². The molecule has 3 nitrogen and oxygen atoms in total. The van der Waals surface area contributed by atoms with E-state index in [1.54, 1.807) is 12.3 Å². The fourth-order valence-corrected chi connectivity index (χ4v) is 2.27. The molecule has 3 N–H and O–H groups in total. The topological polar surface area (TPSA) is 58.9 Å². The zero-order valence-corrected chi connectivity index (χ0v) is 18.5. The van der Waals surface area contributed by atoms with Crippen molar-refractivity contribution in [3.63, 3.8) is 0 Å². The Kier molecular flexibility index (Phi) is 14.4. The third kappa shape index (κ3) is 9.52. The fraction of sp³-hybridized carbons (Fsp3) is 0.409. The second kappa shape index (κ2) is 14.3. The fourth-order valence-electron chi connectivity index (χ4n) is 1.84. The van der Waals surface area contributed by atoms with Gasteiger partial charge in [0.2, 0.25) is 0 Å². The molecule has 1 amide bonds. The van der Waals surface area contributed by atoms with Crippen LogP contribution in [-0.4, -0.2) is 17.1 Å². The zero-order valence-electron chi connectivity index (χ0n) is 17.6. The molecule has 0 radical (unpaired) electrons. The SMILES string of the molecule is C=C/C=C(\SC)C(N)=O.CC.CC.CC(C)(C)c1cc2ccccc2[nH]1. The third-order valence-corrected chi connectivity index (χ3v) is 3.85. The minimum absolute atomic E-state index is 0.207. The van der Waals surface area contributed by atoms with Crippen LogP contribution in [0, 0.1) is 0 Å². The highest BCUT2D eigenvalue weighted by Gasteiger charge is 2.15. The summed E-state index contributed by atoms with van der Waals surface area (Å²) in [5.41, 5.74) is 7.69. The number of aromatic nitrogens is 1. The van der Waals surface area contributed by atoms with Crippen molar-refractivity contribution in [2.45, 2.75) is 53.9 Å². The van der Waals surface area contributed by atoms with Crippen molar-refractivity contribution in [1.82, 2.24) is 4.98 Å². The van der Waals surface area contributed by atoms with E-state index in [4.69, 9.17) is 5.73 Å². The Hall–Kier alpha value is -1.94. The number of amides is 1. The average molecular weight is 377 g/mol. The Labute approximate surface area is 164 Å². The van der Waals surface area contributed by atoms with E-state index >= 15 is 0 Å². The maximum atomic E-state index is 10.4. The molecule has 2 rings (SSSR count). The van der Waals surface area contributed by atoms with Crippen LogP contribution in [0.1, 0.15) is 54.2 Å². The van der Waals surface area contributed by atoms with Gasteiger partial charge in [-0.05, 0) is 29.9 Å². The van der Waals surface area contributed by atoms with Gasteiger partial charge in [-0.1, -0.05) is 79.3 Å². The first-order chi connectivity index (χ1) is 12.3. The minimum atomic E-state index is -0.401. The molecule has 0 aliphatic carbocycles. The number of nitrogens with two attached hydrogens (primary N) is 1. The molecule has 0 unspecified atom stereocenters. The van der Waals surface area contributed by atoms with Crippen LogP contribution in [0.25, 0.3) is 10.9 Å². The van der Waals surface area contributed by atoms with Crippen LogP contribution in [0.2, 0.25) is 0 Å². The first kappa shape index (κ1) is 26.3. The van der Waals surface area contributed by atoms with Crippen molar-refractivity contribution in [2.75, 3.05) is 6.26 Å². The van der Waals surface area contributed by atoms with Gasteiger partial charge in [-0.2, -0.15) is 0 Å². The summed E-state index contributed by atoms with van der Waals surface area (Å²) >= 11 is 1.32. The maximum absolute atomic E-state index is 10.4. The van der Waals surface area contributed by atoms with Gasteiger partial charge in [-0.25, -0.2) is 0 Å². The molecule has 1 aromatic carbocycles. The summed E-state index contributed by atoms with van der Waals surface area (Å²) in [7, 11) is 0. The zero-order chi connectivity index (χ0) is 20.8. The molecule has 0 atom stereocenters. The number of nitrogens with one attached hydrogen (secondary N) is 1. The molecule has 0 aliphatic heterocycles. The van der Waals surface area contributed by atoms with Crippen LogP contribution < -0.4 is 5.73 Å². The molecule has 4 heteroatoms. The van der Waals surface area contributed by atoms with Crippen molar-refractivity contribution >= 4 is 28.6 Å². The molecule has 0 saturated carbocycles. The largest absolute Gasteiger partial charge is 0.365 e. The summed E-state index contributed by atoms with van der Waals surface area (Å²) in [5, 5.41) is 1.30. The van der Waals surface area contributed by atoms with Crippen molar-refractivity contribution in [3.8, 4) is 0 Å². The monoisotopic (exact) mass is 376 g/mol. The van der Waals surface area contributed by atoms with E-state index in [0.717, 1.165) is 0 Å². The molecule has 0 bridgehead atoms. The number of allylic oxidation sites excluding steroid dienone is 2. The number of carbonyl (C=O) groups excluding carboxylic acids is 1. The van der Waals surface area contributed by atoms with Crippen molar-refractivity contribution in [3.05, 3.63) is 59.7 Å². The van der Waals surface area contributed by atoms with E-state index in [0.29, 0.717) is 4.91 Å². The van der Waals surface area contributed by atoms with Crippen LogP contribution in [0.15, 0.2) is 54.0 Å². The first-order valence-corrected chi connectivity index (χ1v) is 10.3. The predicted molar refractivity (Wildman–Crippen MR) is 121 cm³/mol. The maximum Gasteiger partial charge on any atom is 0.255 e. The van der Waals surface area contributed by atoms with Crippen LogP contribution in [0.5, 0.6) is 0 Å². The number of H-pyrrole nitrogens is 1. The van der Waals surface area contributed by atoms with Gasteiger partial charge in [-0.3, -0.25) is 4.79 Å². The molecule has 0 aliphatic rings. The molecule has 1 heterocycles. The van der Waals surface area contributed by atoms with Gasteiger partial charge in [0.05, 0.1) is 4.91 Å². The van der Waals surface area contributed by atoms with Crippen LogP contribution in [0.3, 0.4) is 0 Å². The van der Waals surface area contributed by atoms with Gasteiger partial charge in [0.1, 0.15) is 0 Å². The van der Waals surface area contributed by atoms with E-state index in [9.17, 15) is 4.79 Å². The number of thioether (sulfide) groups is 1. The summed E-state index contributed by atoms with van der Waals surface area (Å²) in [6, 6.07) is 10.6. The Bertz CT molecular complexity index is 646. The van der Waals surface area contributed by atoms with Crippen molar-refractivity contribution < 1.29 is 4.79 Å². The normalized spacial score (nSPS) is 10.4. The van der Waals surface area contributed by atoms with Gasteiger partial charge in [0.15, 0.2) is 0 Å². The average Bonchev–Trinajstić information content (AvgIpc) is 3.08. The molecule has 0 fully saturated rings. The number of aromatic amines is 1. The number of rotatable bonds is 3. The lowest BCUT2D eigenvalue weighted by atomic mass is 9.92. The number of hydrogen-bond acceptors (Lipinski definition) is 2. The number of fused-ring (bicyclic) bond motifs is 1. The number of hydrogen-bond donors (Lipinski definition) is 2. The third-order valence-electron chi connectivity index (χ3n) is 3.07. The standard InChI is InChI=1S/C12H15N.C6H9NOS.2C2H6/c1-12(2,3)11-8-9-6-4-5-7-10(9)13-11;1-3-4-5(9-2)6(7)8;2*1-2/h4-8,13H,1-3H3;3-4H,1H2,2H3,(H2,7,8);2*1-2H3/b;5-4-;;. The smallest absolute Gasteiger partial charge is 0.255 e. The number of benzene rings is 1. The number of primary amides is 1. The summed E-state index contributed by atoms with van der Waals surface area (Å²) in [5.74, 6) is -0.401. The molecule has 0 saturated heterocycles. The molecular weight excluding hydrogens is 340 g/mol. The predicted octanol–water partition coefficient (Wildman–Crippen LogP) is 6.42. The van der Waals surface area contributed by atoms with Crippen molar-refractivity contribution in [2.24, 2.45) is 5.73 Å². The Morgan fingerprint density at radius 3 is 2.04 bits per heavy atom. The van der Waals surface area contributed by atoms with E-state index in [1.165, 1.54) is 34.4 Å². The molecule has 2 aromatic rings. The quantitative estimate of drug-likeness (QED) is 0.479. The van der Waals surface area contributed by atoms with Crippen LogP contribution in [-0.2, 0) is 10.2 Å². The molecule has 0 spiro atoms. The summed E-state index contributed by atoms with van der Waals surface area (Å²) in [6.45, 7) is 18.1. The lowest BCUT2D eigenvalue weighted by Crippen LogP contribution is -2.11. The molecule has 146 valence electrons. The molecule has 1 aromatic heterocycles. The summed E-state index contributed by atoms with van der Waals surface area (Å²) < 4.78 is 0. The van der Waals surface area contributed by atoms with Crippen LogP contribution in [0.4, 0.5) is 0 Å². The molecule has 26 heavy (non-hydrogen) atoms. The van der Waals surface area contributed by atoms with Gasteiger partial charge in [-0.15, -0.1) is 11.8 Å². The second-order valence-corrected chi connectivity index (χ2v) is 6.70. The van der Waals surface area contributed by atoms with Crippen LogP contribution >= 0.6 is 11.8 Å². The van der Waals surface area contributed by atoms with Gasteiger partial charge in [0.25, 0.3) is 5.91 Å². The van der Waals surface area contributed by atoms with Gasteiger partial charge >= 0.3 is 0 Å². The highest BCUT2D eigenvalue weighted by atomic mass is 32.2. The highest BCUT2D eigenvalue weighted by Crippen LogP contribution is 2.25. The molecular formula is C22H36N2OS. The van der Waals surface area contributed by atoms with E-state index in [1.807, 2.05) is 27.7 Å². The summed E-state index contributed by atoms with van der Waals surface area (Å²) in [6.07, 6.45) is 4.92. The number of para-hydroxylation sites is 1. The minimum Gasteiger partial charge on any atom is -0.365 e. The Morgan fingerprint density at radius 2 is 1.69 bits per heavy atom. The van der Waals surface area contributed by atoms with Crippen molar-refractivity contribution in [1.29, 1.82) is 0 Å². The number of carbonyl (C=O) groups is 1.